The van der Waals surface area contributed by atoms with Crippen molar-refractivity contribution in [2.45, 2.75) is 33.4 Å². The van der Waals surface area contributed by atoms with Gasteiger partial charge in [-0.25, -0.2) is 0 Å². The van der Waals surface area contributed by atoms with Crippen molar-refractivity contribution in [1.29, 1.82) is 0 Å². The highest BCUT2D eigenvalue weighted by molar-refractivity contribution is 5.77. The van der Waals surface area contributed by atoms with E-state index in [1.165, 1.54) is 0 Å². The molecular weight excluding hydrogens is 206 g/mol. The summed E-state index contributed by atoms with van der Waals surface area (Å²) in [5.74, 6) is 0.832. The molecule has 0 saturated heterocycles. The molecule has 1 aromatic rings. The second-order valence-corrected chi connectivity index (χ2v) is 4.11. The average Bonchev–Trinajstić information content (AvgIpc) is 2.60. The number of aryl methyl sites for hydroxylation is 1. The van der Waals surface area contributed by atoms with Crippen LogP contribution < -0.4 is 0 Å². The van der Waals surface area contributed by atoms with Crippen LogP contribution in [0.4, 0.5) is 0 Å². The van der Waals surface area contributed by atoms with Gasteiger partial charge in [-0.1, -0.05) is 0 Å². The number of hydrogen-bond acceptors (Lipinski definition) is 3. The summed E-state index contributed by atoms with van der Waals surface area (Å²) in [7, 11) is 1.76. The van der Waals surface area contributed by atoms with Crippen LogP contribution in [0.5, 0.6) is 0 Å². The van der Waals surface area contributed by atoms with Crippen molar-refractivity contribution in [2.24, 2.45) is 0 Å². The summed E-state index contributed by atoms with van der Waals surface area (Å²) < 4.78 is 10.4. The predicted molar refractivity (Wildman–Crippen MR) is 61.0 cm³/mol. The number of rotatable bonds is 5. The quantitative estimate of drug-likeness (QED) is 0.769. The van der Waals surface area contributed by atoms with Gasteiger partial charge in [0.15, 0.2) is 0 Å². The van der Waals surface area contributed by atoms with E-state index in [2.05, 4.69) is 0 Å². The summed E-state index contributed by atoms with van der Waals surface area (Å²) in [6, 6.07) is 1.88. The fourth-order valence-corrected chi connectivity index (χ4v) is 1.27. The van der Waals surface area contributed by atoms with Gasteiger partial charge in [-0.2, -0.15) is 0 Å². The van der Waals surface area contributed by atoms with Crippen LogP contribution in [0.1, 0.15) is 25.2 Å². The molecular formula is C12H19NO3. The Kier molecular flexibility index (Phi) is 4.55. The van der Waals surface area contributed by atoms with E-state index in [1.807, 2.05) is 26.8 Å². The smallest absolute Gasteiger partial charge is 0.248 e. The number of likely N-dealkylation sites (N-methyl/N-ethyl adjacent to an activating group) is 1. The van der Waals surface area contributed by atoms with Gasteiger partial charge in [0.2, 0.25) is 5.91 Å². The minimum Gasteiger partial charge on any atom is -0.469 e. The van der Waals surface area contributed by atoms with Crippen LogP contribution in [-0.4, -0.2) is 30.6 Å². The van der Waals surface area contributed by atoms with Gasteiger partial charge >= 0.3 is 0 Å². The number of hydrogen-bond donors (Lipinski definition) is 0. The summed E-state index contributed by atoms with van der Waals surface area (Å²) >= 11 is 0. The molecule has 0 aliphatic rings. The van der Waals surface area contributed by atoms with Crippen LogP contribution in [0, 0.1) is 6.92 Å². The molecule has 4 heteroatoms. The molecule has 4 nitrogen and oxygen atoms in total. The Balaban J connectivity index is 2.43. The summed E-state index contributed by atoms with van der Waals surface area (Å²) in [5.41, 5.74) is 1.03. The Bertz CT molecular complexity index is 344. The first-order valence-electron chi connectivity index (χ1n) is 5.39. The normalized spacial score (nSPS) is 10.8. The number of ether oxygens (including phenoxy) is 1. The molecule has 1 amide bonds. The molecule has 0 aromatic carbocycles. The molecule has 1 aromatic heterocycles. The molecule has 0 bridgehead atoms. The summed E-state index contributed by atoms with van der Waals surface area (Å²) in [4.78, 5) is 13.3. The van der Waals surface area contributed by atoms with Crippen LogP contribution in [-0.2, 0) is 16.1 Å². The Labute approximate surface area is 96.2 Å². The largest absolute Gasteiger partial charge is 0.469 e. The van der Waals surface area contributed by atoms with E-state index in [1.54, 1.807) is 18.2 Å². The zero-order valence-electron chi connectivity index (χ0n) is 10.3. The average molecular weight is 225 g/mol. The molecule has 0 N–H and O–H groups in total. The van der Waals surface area contributed by atoms with Crippen LogP contribution in [0.25, 0.3) is 0 Å². The SMILES string of the molecule is Cc1occc1CN(C)C(=O)COC(C)C. The van der Waals surface area contributed by atoms with Crippen molar-refractivity contribution < 1.29 is 13.9 Å². The topological polar surface area (TPSA) is 42.7 Å². The number of carbonyl (C=O) groups excluding carboxylic acids is 1. The van der Waals surface area contributed by atoms with E-state index in [-0.39, 0.29) is 18.6 Å². The second-order valence-electron chi connectivity index (χ2n) is 4.11. The molecule has 0 spiro atoms. The zero-order chi connectivity index (χ0) is 12.1. The first-order valence-corrected chi connectivity index (χ1v) is 5.39. The van der Waals surface area contributed by atoms with Crippen LogP contribution in [0.2, 0.25) is 0 Å². The number of carbonyl (C=O) groups is 1. The van der Waals surface area contributed by atoms with Gasteiger partial charge in [0, 0.05) is 19.2 Å². The zero-order valence-corrected chi connectivity index (χ0v) is 10.3. The maximum absolute atomic E-state index is 11.7. The lowest BCUT2D eigenvalue weighted by Crippen LogP contribution is -2.30. The van der Waals surface area contributed by atoms with Crippen molar-refractivity contribution in [3.8, 4) is 0 Å². The molecule has 0 aliphatic carbocycles. The minimum absolute atomic E-state index is 0.0192. The molecule has 90 valence electrons. The van der Waals surface area contributed by atoms with E-state index >= 15 is 0 Å². The lowest BCUT2D eigenvalue weighted by molar-refractivity contribution is -0.136. The Hall–Kier alpha value is -1.29. The molecule has 1 heterocycles. The Morgan fingerprint density at radius 2 is 2.25 bits per heavy atom. The molecule has 0 saturated carbocycles. The number of amides is 1. The number of nitrogens with zero attached hydrogens (tertiary/aromatic N) is 1. The highest BCUT2D eigenvalue weighted by atomic mass is 16.5. The third-order valence-corrected chi connectivity index (χ3v) is 2.34. The van der Waals surface area contributed by atoms with Crippen molar-refractivity contribution in [3.63, 3.8) is 0 Å². The predicted octanol–water partition coefficient (Wildman–Crippen LogP) is 1.97. The van der Waals surface area contributed by atoms with Gasteiger partial charge in [0.1, 0.15) is 12.4 Å². The molecule has 0 unspecified atom stereocenters. The van der Waals surface area contributed by atoms with E-state index in [0.717, 1.165) is 11.3 Å². The third kappa shape index (κ3) is 3.70. The van der Waals surface area contributed by atoms with E-state index in [4.69, 9.17) is 9.15 Å². The Morgan fingerprint density at radius 1 is 1.56 bits per heavy atom. The fraction of sp³-hybridized carbons (Fsp3) is 0.583. The van der Waals surface area contributed by atoms with Crippen LogP contribution in [0.15, 0.2) is 16.7 Å². The molecule has 0 radical (unpaired) electrons. The second kappa shape index (κ2) is 5.70. The molecule has 1 rings (SSSR count). The molecule has 0 fully saturated rings. The molecule has 16 heavy (non-hydrogen) atoms. The van der Waals surface area contributed by atoms with Gasteiger partial charge in [-0.05, 0) is 26.8 Å². The molecule has 0 aliphatic heterocycles. The van der Waals surface area contributed by atoms with Gasteiger partial charge in [0.25, 0.3) is 0 Å². The minimum atomic E-state index is -0.0192. The van der Waals surface area contributed by atoms with Crippen molar-refractivity contribution in [3.05, 3.63) is 23.7 Å². The fourth-order valence-electron chi connectivity index (χ4n) is 1.27. The van der Waals surface area contributed by atoms with Crippen LogP contribution in [0.3, 0.4) is 0 Å². The lowest BCUT2D eigenvalue weighted by atomic mass is 10.2. The first-order chi connectivity index (χ1) is 7.50. The monoisotopic (exact) mass is 225 g/mol. The van der Waals surface area contributed by atoms with Gasteiger partial charge in [-0.3, -0.25) is 4.79 Å². The van der Waals surface area contributed by atoms with Crippen LogP contribution >= 0.6 is 0 Å². The highest BCUT2D eigenvalue weighted by Crippen LogP contribution is 2.11. The van der Waals surface area contributed by atoms with Crippen molar-refractivity contribution >= 4 is 5.91 Å². The van der Waals surface area contributed by atoms with Gasteiger partial charge < -0.3 is 14.1 Å². The molecule has 0 atom stereocenters. The van der Waals surface area contributed by atoms with Gasteiger partial charge in [-0.15, -0.1) is 0 Å². The van der Waals surface area contributed by atoms with E-state index in [0.29, 0.717) is 6.54 Å². The summed E-state index contributed by atoms with van der Waals surface area (Å²) in [6.07, 6.45) is 1.71. The Morgan fingerprint density at radius 3 is 2.75 bits per heavy atom. The van der Waals surface area contributed by atoms with Gasteiger partial charge in [0.05, 0.1) is 12.4 Å². The summed E-state index contributed by atoms with van der Waals surface area (Å²) in [6.45, 7) is 6.40. The highest BCUT2D eigenvalue weighted by Gasteiger charge is 2.12. The maximum atomic E-state index is 11.7. The lowest BCUT2D eigenvalue weighted by Gasteiger charge is -2.17. The van der Waals surface area contributed by atoms with E-state index < -0.39 is 0 Å². The van der Waals surface area contributed by atoms with E-state index in [9.17, 15) is 4.79 Å². The third-order valence-electron chi connectivity index (χ3n) is 2.34. The van der Waals surface area contributed by atoms with Crippen molar-refractivity contribution in [1.82, 2.24) is 4.90 Å². The first kappa shape index (κ1) is 12.8. The van der Waals surface area contributed by atoms with Crippen molar-refractivity contribution in [2.75, 3.05) is 13.7 Å². The maximum Gasteiger partial charge on any atom is 0.248 e. The summed E-state index contributed by atoms with van der Waals surface area (Å²) in [5, 5.41) is 0. The standard InChI is InChI=1S/C12H19NO3/c1-9(2)16-8-12(14)13(4)7-11-5-6-15-10(11)3/h5-6,9H,7-8H2,1-4H3. The number of furan rings is 1.